The third-order valence-corrected chi connectivity index (χ3v) is 15.5. The van der Waals surface area contributed by atoms with Gasteiger partial charge in [0.1, 0.15) is 30.3 Å². The summed E-state index contributed by atoms with van der Waals surface area (Å²) in [5, 5.41) is 15.2. The van der Waals surface area contributed by atoms with Crippen molar-refractivity contribution in [3.8, 4) is 0 Å². The standard InChI is InChI=1S/C15H22O.C11H17N5.3C9H13N.5C8H12N2/c1-11(2)9-13-5-7-14(8-6-13)15(16)10-12(3)4;1-8(2)4-3-5-16-7-15-9-10(12)13-6-14-11(9)16;1-8(2)7-9-3-5-10-6-4-9;1-8(2)6-9-4-3-5-10-7-9;1-8(2)7-9-5-3-4-6-10-9;1-7(2)3-8-4-9-6-10-5-8;1-7(2)5-8-3-4-9-6-10-8;1-7(2)5-8-3-4-9-10-6-8;1-7(2)6-8-9-4-3-5-10-8;1-7(2)6-8-4-3-5-9-10-8/h5-8,11-12H,9-10H2,1-4H3;6-8H,3-5H2,1-2H3,(H2,12,13,14);3-6,8H,7H2,1-2H3;3-5,7-8H,6H2,1-2H3;3-6,8H,7H2,1-2H3;4-7H,3H2,1-2H3;2*3-4,6-7H,5H2,1-2H3;2*3-5,7H,6H2,1-2H3. The molecule has 0 amide bonds. The van der Waals surface area contributed by atoms with E-state index in [1.165, 1.54) is 46.3 Å². The molecule has 0 atom stereocenters. The number of hydrogen-bond donors (Lipinski definition) is 1. The van der Waals surface area contributed by atoms with Crippen molar-refractivity contribution in [3.63, 3.8) is 0 Å². The number of ketones is 1. The third-order valence-electron chi connectivity index (χ3n) is 15.5. The van der Waals surface area contributed by atoms with Crippen LogP contribution in [0.1, 0.15) is 233 Å². The Morgan fingerprint density at radius 2 is 0.848 bits per heavy atom. The molecule has 10 heterocycles. The predicted molar refractivity (Wildman–Crippen MR) is 464 cm³/mol. The van der Waals surface area contributed by atoms with Gasteiger partial charge < -0.3 is 10.3 Å². The maximum absolute atomic E-state index is 11.8. The molecule has 0 saturated heterocycles. The predicted octanol–water partition coefficient (Wildman–Crippen LogP) is 21.2. The summed E-state index contributed by atoms with van der Waals surface area (Å²) in [6, 6.07) is 32.1. The van der Waals surface area contributed by atoms with Crippen molar-refractivity contribution >= 4 is 22.8 Å². The Balaban J connectivity index is 0.000000425. The average Bonchev–Trinajstić information content (AvgIpc) is 1.67. The summed E-state index contributed by atoms with van der Waals surface area (Å²) in [7, 11) is 0. The van der Waals surface area contributed by atoms with Crippen molar-refractivity contribution in [2.75, 3.05) is 5.73 Å². The zero-order chi connectivity index (χ0) is 82.9. The number of fused-ring (bicyclic) bond motifs is 1. The van der Waals surface area contributed by atoms with Crippen molar-refractivity contribution < 1.29 is 4.79 Å². The number of carbonyl (C=O) groups excluding carboxylic acids is 1. The lowest BCUT2D eigenvalue weighted by atomic mass is 9.98. The van der Waals surface area contributed by atoms with Gasteiger partial charge in [0, 0.05) is 111 Å². The summed E-state index contributed by atoms with van der Waals surface area (Å²) in [6.45, 7) is 49.0. The van der Waals surface area contributed by atoms with Crippen LogP contribution in [0.15, 0.2) is 203 Å². The number of aromatic nitrogens is 17. The van der Waals surface area contributed by atoms with Crippen molar-refractivity contribution in [3.05, 3.63) is 259 Å². The first kappa shape index (κ1) is 98.2. The maximum Gasteiger partial charge on any atom is 0.165 e. The monoisotopic (exact) mass is 1520 g/mol. The number of hydrogen-bond acceptors (Lipinski definition) is 18. The first-order valence-corrected chi connectivity index (χ1v) is 40.5. The molecule has 11 rings (SSSR count). The van der Waals surface area contributed by atoms with E-state index in [-0.39, 0.29) is 5.78 Å². The third kappa shape index (κ3) is 52.3. The number of aryl methyl sites for hydroxylation is 1. The molecule has 10 aromatic heterocycles. The number of nitrogens with two attached hydrogens (primary N) is 1. The van der Waals surface area contributed by atoms with Crippen LogP contribution >= 0.6 is 0 Å². The summed E-state index contributed by atoms with van der Waals surface area (Å²) in [5.41, 5.74) is 18.0. The first-order chi connectivity index (χ1) is 53.5. The Bertz CT molecular complexity index is 3440. The van der Waals surface area contributed by atoms with Gasteiger partial charge in [0.25, 0.3) is 0 Å². The second-order valence-corrected chi connectivity index (χ2v) is 32.6. The normalized spacial score (nSPS) is 10.6. The first-order valence-electron chi connectivity index (χ1n) is 40.5. The lowest BCUT2D eigenvalue weighted by Crippen LogP contribution is -2.03. The van der Waals surface area contributed by atoms with Crippen molar-refractivity contribution in [2.45, 2.75) is 236 Å². The van der Waals surface area contributed by atoms with Gasteiger partial charge in [0.15, 0.2) is 17.2 Å². The number of carbonyl (C=O) groups is 1. The van der Waals surface area contributed by atoms with Crippen LogP contribution in [-0.2, 0) is 64.3 Å². The molecule has 1 aromatic carbocycles. The Hall–Kier alpha value is -9.91. The molecule has 112 heavy (non-hydrogen) atoms. The van der Waals surface area contributed by atoms with Crippen molar-refractivity contribution in [1.29, 1.82) is 0 Å². The van der Waals surface area contributed by atoms with Crippen LogP contribution in [0.25, 0.3) is 11.2 Å². The number of pyridine rings is 3. The maximum atomic E-state index is 11.8. The number of imidazole rings is 1. The SMILES string of the molecule is CC(C)CC(=O)c1ccc(CC(C)C)cc1.CC(C)CCCn1cnc2c(N)ncnc21.CC(C)Cc1ccccn1.CC(C)Cc1cccnc1.CC(C)Cc1cccnn1.CC(C)Cc1ccncc1.CC(C)Cc1ccncn1.CC(C)Cc1ccnnc1.CC(C)Cc1cncnc1.CC(C)Cc1ncccn1. The number of nitrogens with zero attached hydrogens (tertiary/aromatic N) is 17. The van der Waals surface area contributed by atoms with E-state index >= 15 is 0 Å². The van der Waals surface area contributed by atoms with E-state index in [9.17, 15) is 4.79 Å². The van der Waals surface area contributed by atoms with Gasteiger partial charge in [-0.1, -0.05) is 189 Å². The van der Waals surface area contributed by atoms with Gasteiger partial charge in [-0.15, -0.1) is 0 Å². The summed E-state index contributed by atoms with van der Waals surface area (Å²) >= 11 is 0. The minimum atomic E-state index is 0.256. The molecule has 0 spiro atoms. The summed E-state index contributed by atoms with van der Waals surface area (Å²) in [4.78, 5) is 60.4. The molecule has 0 aliphatic carbocycles. The molecular formula is C93H138N18O. The second kappa shape index (κ2) is 59.8. The van der Waals surface area contributed by atoms with Crippen LogP contribution in [0, 0.1) is 65.1 Å². The Morgan fingerprint density at radius 1 is 0.339 bits per heavy atom. The smallest absolute Gasteiger partial charge is 0.165 e. The van der Waals surface area contributed by atoms with Gasteiger partial charge in [-0.05, 0) is 218 Å². The second-order valence-electron chi connectivity index (χ2n) is 32.6. The van der Waals surface area contributed by atoms with E-state index in [1.807, 2.05) is 115 Å². The van der Waals surface area contributed by atoms with Crippen molar-refractivity contribution in [1.82, 2.24) is 84.8 Å². The molecule has 0 fully saturated rings. The molecule has 606 valence electrons. The number of Topliss-reactive ketones (excluding diaryl/α,β-unsaturated/α-hetero) is 1. The van der Waals surface area contributed by atoms with E-state index in [0.717, 1.165) is 117 Å². The zero-order valence-corrected chi connectivity index (χ0v) is 72.2. The van der Waals surface area contributed by atoms with Crippen LogP contribution in [0.4, 0.5) is 5.82 Å². The lowest BCUT2D eigenvalue weighted by Gasteiger charge is -2.07. The van der Waals surface area contributed by atoms with Crippen molar-refractivity contribution in [2.24, 2.45) is 65.1 Å². The highest BCUT2D eigenvalue weighted by molar-refractivity contribution is 5.96. The molecule has 0 radical (unpaired) electrons. The minimum Gasteiger partial charge on any atom is -0.382 e. The highest BCUT2D eigenvalue weighted by atomic mass is 16.1. The van der Waals surface area contributed by atoms with Gasteiger partial charge in [-0.2, -0.15) is 20.4 Å². The van der Waals surface area contributed by atoms with Gasteiger partial charge in [-0.25, -0.2) is 44.9 Å². The van der Waals surface area contributed by atoms with Crippen LogP contribution in [-0.4, -0.2) is 90.6 Å². The quantitative estimate of drug-likeness (QED) is 0.0522. The van der Waals surface area contributed by atoms with E-state index in [2.05, 4.69) is 269 Å². The van der Waals surface area contributed by atoms with Crippen LogP contribution in [0.5, 0.6) is 0 Å². The number of rotatable bonds is 25. The largest absolute Gasteiger partial charge is 0.382 e. The van der Waals surface area contributed by atoms with Gasteiger partial charge >= 0.3 is 0 Å². The fourth-order valence-corrected chi connectivity index (χ4v) is 10.8. The van der Waals surface area contributed by atoms with Gasteiger partial charge in [-0.3, -0.25) is 19.7 Å². The summed E-state index contributed by atoms with van der Waals surface area (Å²) < 4.78 is 2.04. The Morgan fingerprint density at radius 3 is 1.35 bits per heavy atom. The van der Waals surface area contributed by atoms with Crippen LogP contribution in [0.2, 0.25) is 0 Å². The molecule has 0 aliphatic rings. The van der Waals surface area contributed by atoms with Gasteiger partial charge in [0.05, 0.1) is 18.2 Å². The van der Waals surface area contributed by atoms with E-state index < -0.39 is 0 Å². The molecule has 11 aromatic rings. The number of anilines is 1. The lowest BCUT2D eigenvalue weighted by molar-refractivity contribution is 0.0967. The molecule has 0 saturated carbocycles. The molecule has 19 heteroatoms. The van der Waals surface area contributed by atoms with Crippen LogP contribution in [0.3, 0.4) is 0 Å². The molecule has 0 bridgehead atoms. The minimum absolute atomic E-state index is 0.256. The number of nitrogen functional groups attached to an aromatic ring is 1. The number of benzene rings is 1. The molecule has 19 nitrogen and oxygen atoms in total. The highest BCUT2D eigenvalue weighted by Crippen LogP contribution is 2.18. The summed E-state index contributed by atoms with van der Waals surface area (Å²) in [5.74, 6) is 9.01. The molecule has 2 N–H and O–H groups in total. The average molecular weight is 1520 g/mol. The fraction of sp³-hybridized carbons (Fsp3) is 0.495. The molecule has 0 unspecified atom stereocenters. The van der Waals surface area contributed by atoms with E-state index in [1.54, 1.807) is 50.0 Å². The zero-order valence-electron chi connectivity index (χ0n) is 72.2. The van der Waals surface area contributed by atoms with E-state index in [4.69, 9.17) is 5.73 Å². The van der Waals surface area contributed by atoms with Crippen LogP contribution < -0.4 is 5.73 Å². The fourth-order valence-electron chi connectivity index (χ4n) is 10.8. The Kier molecular flexibility index (Phi) is 52.5. The topological polar surface area (TPSA) is 254 Å². The van der Waals surface area contributed by atoms with E-state index in [0.29, 0.717) is 65.1 Å². The molecular weight excluding hydrogens is 1390 g/mol. The molecule has 0 aliphatic heterocycles. The van der Waals surface area contributed by atoms with Gasteiger partial charge in [0.2, 0.25) is 0 Å². The summed E-state index contributed by atoms with van der Waals surface area (Å²) in [6.07, 6.45) is 42.7. The Labute approximate surface area is 674 Å². The highest BCUT2D eigenvalue weighted by Gasteiger charge is 2.10.